The molecule has 3 aliphatic carbocycles. The van der Waals surface area contributed by atoms with Crippen LogP contribution < -0.4 is 4.74 Å². The highest BCUT2D eigenvalue weighted by Gasteiger charge is 2.71. The number of para-hydroxylation sites is 1. The van der Waals surface area contributed by atoms with Crippen molar-refractivity contribution < 1.29 is 9.47 Å². The molecule has 2 fully saturated rings. The van der Waals surface area contributed by atoms with Crippen LogP contribution in [-0.2, 0) is 15.6 Å². The van der Waals surface area contributed by atoms with E-state index < -0.39 is 0 Å². The lowest BCUT2D eigenvalue weighted by Crippen LogP contribution is -2.35. The van der Waals surface area contributed by atoms with Crippen molar-refractivity contribution in [3.63, 3.8) is 0 Å². The summed E-state index contributed by atoms with van der Waals surface area (Å²) in [5, 5.41) is 0.256. The second-order valence-corrected chi connectivity index (χ2v) is 7.35. The SMILES string of the molecule is S=C(Oc1ccccc1)OC1C2(CC2)c2ccccc2C12CC2. The zero-order chi connectivity index (χ0) is 15.5. The number of rotatable bonds is 2. The van der Waals surface area contributed by atoms with Gasteiger partial charge >= 0.3 is 5.24 Å². The highest BCUT2D eigenvalue weighted by molar-refractivity contribution is 7.79. The summed E-state index contributed by atoms with van der Waals surface area (Å²) in [7, 11) is 0. The first-order valence-electron chi connectivity index (χ1n) is 8.28. The lowest BCUT2D eigenvalue weighted by Gasteiger charge is -2.26. The Balaban J connectivity index is 1.43. The molecule has 0 bridgehead atoms. The zero-order valence-electron chi connectivity index (χ0n) is 12.8. The van der Waals surface area contributed by atoms with Gasteiger partial charge in [-0.25, -0.2) is 0 Å². The minimum absolute atomic E-state index is 0.142. The average Bonchev–Trinajstić information content (AvgIpc) is 3.47. The van der Waals surface area contributed by atoms with Crippen LogP contribution in [0.2, 0.25) is 0 Å². The van der Waals surface area contributed by atoms with E-state index in [2.05, 4.69) is 24.3 Å². The topological polar surface area (TPSA) is 18.5 Å². The molecular weight excluding hydrogens is 304 g/mol. The normalized spacial score (nSPS) is 21.9. The molecule has 23 heavy (non-hydrogen) atoms. The molecule has 2 aromatic rings. The number of hydrogen-bond donors (Lipinski definition) is 0. The summed E-state index contributed by atoms with van der Waals surface area (Å²) in [5.41, 5.74) is 3.34. The first kappa shape index (κ1) is 13.6. The van der Waals surface area contributed by atoms with Gasteiger partial charge in [-0.2, -0.15) is 0 Å². The second-order valence-electron chi connectivity index (χ2n) is 7.02. The molecule has 0 N–H and O–H groups in total. The molecule has 0 atom stereocenters. The summed E-state index contributed by atoms with van der Waals surface area (Å²) >= 11 is 5.40. The van der Waals surface area contributed by atoms with Crippen molar-refractivity contribution in [2.45, 2.75) is 42.6 Å². The van der Waals surface area contributed by atoms with Crippen LogP contribution in [0.3, 0.4) is 0 Å². The second kappa shape index (κ2) is 4.57. The fourth-order valence-electron chi connectivity index (χ4n) is 4.43. The summed E-state index contributed by atoms with van der Waals surface area (Å²) in [6.07, 6.45) is 4.94. The number of benzene rings is 2. The third kappa shape index (κ3) is 1.89. The largest absolute Gasteiger partial charge is 0.451 e. The van der Waals surface area contributed by atoms with Crippen LogP contribution >= 0.6 is 12.2 Å². The number of hydrogen-bond acceptors (Lipinski definition) is 3. The van der Waals surface area contributed by atoms with E-state index in [9.17, 15) is 0 Å². The van der Waals surface area contributed by atoms with Gasteiger partial charge in [0, 0.05) is 23.0 Å². The van der Waals surface area contributed by atoms with E-state index in [1.807, 2.05) is 30.3 Å². The van der Waals surface area contributed by atoms with Gasteiger partial charge in [0.25, 0.3) is 0 Å². The first-order valence-corrected chi connectivity index (χ1v) is 8.69. The molecule has 0 unspecified atom stereocenters. The van der Waals surface area contributed by atoms with Crippen LogP contribution in [0.5, 0.6) is 5.75 Å². The van der Waals surface area contributed by atoms with Gasteiger partial charge in [-0.05, 0) is 48.9 Å². The summed E-state index contributed by atoms with van der Waals surface area (Å²) in [6.45, 7) is 0. The molecule has 2 saturated carbocycles. The summed E-state index contributed by atoms with van der Waals surface area (Å²) < 4.78 is 12.0. The minimum atomic E-state index is 0.142. The monoisotopic (exact) mass is 322 g/mol. The molecular formula is C20H18O2S. The van der Waals surface area contributed by atoms with Gasteiger partial charge in [0.15, 0.2) is 0 Å². The Morgan fingerprint density at radius 2 is 1.35 bits per heavy atom. The molecule has 0 saturated heterocycles. The van der Waals surface area contributed by atoms with Crippen molar-refractivity contribution in [2.24, 2.45) is 0 Å². The summed E-state index contributed by atoms with van der Waals surface area (Å²) in [6, 6.07) is 18.5. The van der Waals surface area contributed by atoms with Crippen molar-refractivity contribution in [3.05, 3.63) is 65.7 Å². The highest BCUT2D eigenvalue weighted by atomic mass is 32.1. The maximum atomic E-state index is 6.26. The van der Waals surface area contributed by atoms with E-state index >= 15 is 0 Å². The van der Waals surface area contributed by atoms with E-state index in [1.165, 1.54) is 36.8 Å². The molecule has 3 aliphatic rings. The Morgan fingerprint density at radius 1 is 0.826 bits per heavy atom. The molecule has 0 aliphatic heterocycles. The van der Waals surface area contributed by atoms with Crippen molar-refractivity contribution in [2.75, 3.05) is 0 Å². The standard InChI is InChI=1S/C20H18O2S/c23-18(21-14-6-2-1-3-7-14)22-17-19(10-11-19)15-8-4-5-9-16(15)20(17)12-13-20/h1-9,17H,10-13H2. The van der Waals surface area contributed by atoms with Gasteiger partial charge in [0.1, 0.15) is 11.9 Å². The molecule has 2 aromatic carbocycles. The van der Waals surface area contributed by atoms with Crippen molar-refractivity contribution in [1.82, 2.24) is 0 Å². The quantitative estimate of drug-likeness (QED) is 0.758. The third-order valence-electron chi connectivity index (χ3n) is 5.74. The van der Waals surface area contributed by atoms with Gasteiger partial charge in [-0.3, -0.25) is 0 Å². The molecule has 5 rings (SSSR count). The molecule has 0 amide bonds. The predicted molar refractivity (Wildman–Crippen MR) is 92.8 cm³/mol. The fourth-order valence-corrected chi connectivity index (χ4v) is 4.62. The number of thiocarbonyl (C=S) groups is 1. The van der Waals surface area contributed by atoms with Crippen molar-refractivity contribution in [1.29, 1.82) is 0 Å². The molecule has 2 nitrogen and oxygen atoms in total. The van der Waals surface area contributed by atoms with Gasteiger partial charge in [-0.1, -0.05) is 42.5 Å². The lowest BCUT2D eigenvalue weighted by molar-refractivity contribution is 0.0987. The van der Waals surface area contributed by atoms with Gasteiger partial charge in [0.2, 0.25) is 0 Å². The predicted octanol–water partition coefficient (Wildman–Crippen LogP) is 4.51. The maximum Gasteiger partial charge on any atom is 0.358 e. The Morgan fingerprint density at radius 3 is 1.87 bits per heavy atom. The van der Waals surface area contributed by atoms with Gasteiger partial charge < -0.3 is 9.47 Å². The number of fused-ring (bicyclic) bond motifs is 3. The minimum Gasteiger partial charge on any atom is -0.451 e. The van der Waals surface area contributed by atoms with Gasteiger partial charge in [0.05, 0.1) is 0 Å². The number of ether oxygens (including phenoxy) is 2. The molecule has 0 heterocycles. The summed E-state index contributed by atoms with van der Waals surface area (Å²) in [5.74, 6) is 0.739. The maximum absolute atomic E-state index is 6.26. The van der Waals surface area contributed by atoms with Gasteiger partial charge in [-0.15, -0.1) is 0 Å². The van der Waals surface area contributed by atoms with Crippen LogP contribution in [0.4, 0.5) is 0 Å². The van der Waals surface area contributed by atoms with Crippen molar-refractivity contribution >= 4 is 17.5 Å². The van der Waals surface area contributed by atoms with Crippen LogP contribution in [0.1, 0.15) is 36.8 Å². The van der Waals surface area contributed by atoms with Crippen LogP contribution in [0, 0.1) is 0 Å². The van der Waals surface area contributed by atoms with Crippen molar-refractivity contribution in [3.8, 4) is 5.75 Å². The van der Waals surface area contributed by atoms with Crippen LogP contribution in [-0.4, -0.2) is 11.3 Å². The zero-order valence-corrected chi connectivity index (χ0v) is 13.6. The van der Waals surface area contributed by atoms with E-state index in [4.69, 9.17) is 21.7 Å². The smallest absolute Gasteiger partial charge is 0.358 e. The average molecular weight is 322 g/mol. The molecule has 2 spiro atoms. The Bertz CT molecular complexity index is 736. The first-order chi connectivity index (χ1) is 11.2. The van der Waals surface area contributed by atoms with E-state index in [0.717, 1.165) is 5.75 Å². The highest BCUT2D eigenvalue weighted by Crippen LogP contribution is 2.71. The van der Waals surface area contributed by atoms with E-state index in [0.29, 0.717) is 0 Å². The summed E-state index contributed by atoms with van der Waals surface area (Å²) in [4.78, 5) is 0. The lowest BCUT2D eigenvalue weighted by atomic mass is 9.92. The Hall–Kier alpha value is -1.87. The van der Waals surface area contributed by atoms with Crippen LogP contribution in [0.15, 0.2) is 54.6 Å². The third-order valence-corrected chi connectivity index (χ3v) is 5.92. The van der Waals surface area contributed by atoms with Crippen LogP contribution in [0.25, 0.3) is 0 Å². The molecule has 116 valence electrons. The van der Waals surface area contributed by atoms with E-state index in [1.54, 1.807) is 0 Å². The van der Waals surface area contributed by atoms with E-state index in [-0.39, 0.29) is 22.2 Å². The fraction of sp³-hybridized carbons (Fsp3) is 0.350. The Labute approximate surface area is 141 Å². The molecule has 3 heteroatoms. The molecule has 0 radical (unpaired) electrons. The molecule has 0 aromatic heterocycles. The Kier molecular flexibility index (Phi) is 2.70.